The number of nitriles is 1. The quantitative estimate of drug-likeness (QED) is 0.574. The van der Waals surface area contributed by atoms with Gasteiger partial charge in [0.1, 0.15) is 5.82 Å². The fraction of sp³-hybridized carbons (Fsp3) is 0.400. The van der Waals surface area contributed by atoms with Crippen LogP contribution < -0.4 is 5.73 Å². The maximum Gasteiger partial charge on any atom is 0.269 e. The predicted octanol–water partition coefficient (Wildman–Crippen LogP) is 2.60. The minimum Gasteiger partial charge on any atom is -0.383 e. The number of non-ortho nitro benzene ring substituents is 1. The number of nitro benzene ring substituents is 1. The number of hydrogen-bond donors (Lipinski definition) is 1. The summed E-state index contributed by atoms with van der Waals surface area (Å²) in [5.74, 6) is -0.703. The predicted molar refractivity (Wildman–Crippen MR) is 108 cm³/mol. The van der Waals surface area contributed by atoms with E-state index in [9.17, 15) is 20.2 Å². The minimum atomic E-state index is -0.831. The van der Waals surface area contributed by atoms with Crippen LogP contribution in [-0.2, 0) is 9.53 Å². The molecule has 4 rings (SSSR count). The summed E-state index contributed by atoms with van der Waals surface area (Å²) in [7, 11) is 0. The summed E-state index contributed by atoms with van der Waals surface area (Å²) in [6.45, 7) is 2.18. The first-order valence-electron chi connectivity index (χ1n) is 9.66. The lowest BCUT2D eigenvalue weighted by molar-refractivity contribution is -0.384. The molecule has 156 valence electrons. The Morgan fingerprint density at radius 1 is 1.30 bits per heavy atom. The zero-order valence-corrected chi connectivity index (χ0v) is 16.9. The number of Topliss-reactive ketones (excluding diaryl/α,β-unsaturated/α-hetero) is 1. The van der Waals surface area contributed by atoms with Crippen molar-refractivity contribution in [3.63, 3.8) is 0 Å². The molecule has 0 amide bonds. The first kappa shape index (κ1) is 20.3. The van der Waals surface area contributed by atoms with Crippen molar-refractivity contribution < 1.29 is 14.5 Å². The Bertz CT molecular complexity index is 1020. The van der Waals surface area contributed by atoms with Crippen LogP contribution in [0.2, 0.25) is 5.02 Å². The summed E-state index contributed by atoms with van der Waals surface area (Å²) < 4.78 is 5.42. The van der Waals surface area contributed by atoms with Crippen LogP contribution in [0.3, 0.4) is 0 Å². The highest BCUT2D eigenvalue weighted by molar-refractivity contribution is 6.31. The Morgan fingerprint density at radius 2 is 2.03 bits per heavy atom. The number of halogens is 1. The molecule has 1 aromatic rings. The molecule has 3 aliphatic rings. The van der Waals surface area contributed by atoms with E-state index < -0.39 is 10.8 Å². The van der Waals surface area contributed by atoms with Crippen molar-refractivity contribution in [1.29, 1.82) is 5.26 Å². The van der Waals surface area contributed by atoms with Crippen LogP contribution in [0, 0.1) is 21.4 Å². The molecule has 1 aliphatic carbocycles. The summed E-state index contributed by atoms with van der Waals surface area (Å²) >= 11 is 6.40. The summed E-state index contributed by atoms with van der Waals surface area (Å²) in [6, 6.07) is 6.19. The van der Waals surface area contributed by atoms with Crippen molar-refractivity contribution in [2.24, 2.45) is 5.73 Å². The molecule has 0 bridgehead atoms. The van der Waals surface area contributed by atoms with Gasteiger partial charge in [0.25, 0.3) is 5.69 Å². The number of ketones is 1. The van der Waals surface area contributed by atoms with Crippen LogP contribution in [0.15, 0.2) is 40.9 Å². The van der Waals surface area contributed by atoms with Crippen molar-refractivity contribution in [2.75, 3.05) is 26.3 Å². The summed E-state index contributed by atoms with van der Waals surface area (Å²) in [6.07, 6.45) is 1.63. The van der Waals surface area contributed by atoms with Gasteiger partial charge in [0.2, 0.25) is 0 Å². The standard InChI is InChI=1S/C20H20ClN5O4/c21-15-5-4-12(26(28)29)10-13(15)18-14(11-22)20(23)25(24-6-8-30-9-7-24)16-2-1-3-17(27)19(16)18/h4-5,10,18H,1-3,6-9,23H2. The average Bonchev–Trinajstić information content (AvgIpc) is 2.74. The number of nitrogens with zero attached hydrogens (tertiary/aromatic N) is 4. The SMILES string of the molecule is N#CC1=C(N)N(N2CCOCC2)C2=C(C(=O)CCC2)C1c1cc([N+](=O)[O-])ccc1Cl. The zero-order valence-electron chi connectivity index (χ0n) is 16.1. The van der Waals surface area contributed by atoms with E-state index in [2.05, 4.69) is 6.07 Å². The van der Waals surface area contributed by atoms with Crippen molar-refractivity contribution in [3.8, 4) is 6.07 Å². The van der Waals surface area contributed by atoms with Gasteiger partial charge < -0.3 is 10.5 Å². The average molecular weight is 430 g/mol. The van der Waals surface area contributed by atoms with E-state index in [1.165, 1.54) is 18.2 Å². The van der Waals surface area contributed by atoms with E-state index >= 15 is 0 Å². The second-order valence-electron chi connectivity index (χ2n) is 7.32. The third-order valence-corrected chi connectivity index (χ3v) is 6.00. The Kier molecular flexibility index (Phi) is 5.47. The maximum absolute atomic E-state index is 13.1. The molecule has 0 radical (unpaired) electrons. The normalized spacial score (nSPS) is 22.7. The van der Waals surface area contributed by atoms with Crippen LogP contribution in [-0.4, -0.2) is 47.0 Å². The van der Waals surface area contributed by atoms with Gasteiger partial charge in [-0.2, -0.15) is 5.26 Å². The number of carbonyl (C=O) groups excluding carboxylic acids is 1. The smallest absolute Gasteiger partial charge is 0.269 e. The summed E-state index contributed by atoms with van der Waals surface area (Å²) in [5, 5.41) is 25.3. The van der Waals surface area contributed by atoms with Gasteiger partial charge in [-0.25, -0.2) is 5.01 Å². The highest BCUT2D eigenvalue weighted by Gasteiger charge is 2.42. The van der Waals surface area contributed by atoms with Crippen LogP contribution in [0.1, 0.15) is 30.7 Å². The molecule has 1 saturated heterocycles. The topological polar surface area (TPSA) is 126 Å². The van der Waals surface area contributed by atoms with Crippen LogP contribution in [0.25, 0.3) is 0 Å². The lowest BCUT2D eigenvalue weighted by atomic mass is 9.76. The van der Waals surface area contributed by atoms with E-state index in [1.807, 2.05) is 5.01 Å². The summed E-state index contributed by atoms with van der Waals surface area (Å²) in [5.41, 5.74) is 8.00. The molecule has 1 atom stereocenters. The molecular weight excluding hydrogens is 410 g/mol. The van der Waals surface area contributed by atoms with Gasteiger partial charge in [-0.15, -0.1) is 0 Å². The molecule has 9 nitrogen and oxygen atoms in total. The molecule has 2 heterocycles. The van der Waals surface area contributed by atoms with E-state index in [0.29, 0.717) is 56.7 Å². The zero-order chi connectivity index (χ0) is 21.4. The molecule has 30 heavy (non-hydrogen) atoms. The molecule has 0 aromatic heterocycles. The van der Waals surface area contributed by atoms with E-state index in [1.54, 1.807) is 5.01 Å². The number of morpholine rings is 1. The Morgan fingerprint density at radius 3 is 2.70 bits per heavy atom. The molecule has 2 N–H and O–H groups in total. The first-order valence-corrected chi connectivity index (χ1v) is 10.0. The van der Waals surface area contributed by atoms with Crippen molar-refractivity contribution >= 4 is 23.1 Å². The highest BCUT2D eigenvalue weighted by Crippen LogP contribution is 2.47. The number of allylic oxidation sites excluding steroid dienone is 3. The van der Waals surface area contributed by atoms with Gasteiger partial charge in [0.05, 0.1) is 35.7 Å². The van der Waals surface area contributed by atoms with Crippen LogP contribution in [0.4, 0.5) is 5.69 Å². The lowest BCUT2D eigenvalue weighted by Crippen LogP contribution is -2.52. The van der Waals surface area contributed by atoms with E-state index in [-0.39, 0.29) is 27.9 Å². The largest absolute Gasteiger partial charge is 0.383 e. The molecular formula is C20H20ClN5O4. The molecule has 10 heteroatoms. The Labute approximate surface area is 178 Å². The third-order valence-electron chi connectivity index (χ3n) is 5.66. The third kappa shape index (κ3) is 3.33. The lowest BCUT2D eigenvalue weighted by Gasteiger charge is -2.45. The molecule has 2 aliphatic heterocycles. The van der Waals surface area contributed by atoms with Gasteiger partial charge in [-0.1, -0.05) is 11.6 Å². The van der Waals surface area contributed by atoms with Gasteiger partial charge in [0, 0.05) is 47.9 Å². The van der Waals surface area contributed by atoms with Crippen molar-refractivity contribution in [3.05, 3.63) is 61.6 Å². The fourth-order valence-electron chi connectivity index (χ4n) is 4.32. The molecule has 1 aromatic carbocycles. The number of benzene rings is 1. The van der Waals surface area contributed by atoms with E-state index in [4.69, 9.17) is 22.1 Å². The molecule has 1 fully saturated rings. The molecule has 1 unspecified atom stereocenters. The Hall–Kier alpha value is -2.93. The number of carbonyl (C=O) groups is 1. The van der Waals surface area contributed by atoms with Crippen molar-refractivity contribution in [2.45, 2.75) is 25.2 Å². The summed E-state index contributed by atoms with van der Waals surface area (Å²) in [4.78, 5) is 23.9. The number of nitrogens with two attached hydrogens (primary N) is 1. The maximum atomic E-state index is 13.1. The highest BCUT2D eigenvalue weighted by atomic mass is 35.5. The number of nitro groups is 1. The van der Waals surface area contributed by atoms with Gasteiger partial charge in [0.15, 0.2) is 5.78 Å². The second kappa shape index (κ2) is 8.07. The fourth-order valence-corrected chi connectivity index (χ4v) is 4.55. The number of ether oxygens (including phenoxy) is 1. The molecule has 0 saturated carbocycles. The van der Waals surface area contributed by atoms with Gasteiger partial charge >= 0.3 is 0 Å². The van der Waals surface area contributed by atoms with Gasteiger partial charge in [-0.05, 0) is 24.5 Å². The number of hydrazine groups is 1. The number of hydrogen-bond acceptors (Lipinski definition) is 8. The first-order chi connectivity index (χ1) is 14.4. The van der Waals surface area contributed by atoms with Crippen LogP contribution in [0.5, 0.6) is 0 Å². The van der Waals surface area contributed by atoms with Crippen molar-refractivity contribution in [1.82, 2.24) is 10.0 Å². The monoisotopic (exact) mass is 429 g/mol. The number of rotatable bonds is 3. The van der Waals surface area contributed by atoms with Crippen LogP contribution >= 0.6 is 11.6 Å². The minimum absolute atomic E-state index is 0.0951. The molecule has 0 spiro atoms. The van der Waals surface area contributed by atoms with Gasteiger partial charge in [-0.3, -0.25) is 19.9 Å². The van der Waals surface area contributed by atoms with E-state index in [0.717, 1.165) is 5.70 Å². The Balaban J connectivity index is 1.93. The second-order valence-corrected chi connectivity index (χ2v) is 7.73.